The predicted molar refractivity (Wildman–Crippen MR) is 58.9 cm³/mol. The zero-order valence-electron chi connectivity index (χ0n) is 9.71. The van der Waals surface area contributed by atoms with Crippen LogP contribution in [0.15, 0.2) is 0 Å². The molecule has 0 aromatic heterocycles. The molecule has 0 spiro atoms. The largest absolute Gasteiger partial charge is 0.518 e. The minimum atomic E-state index is -2.62. The van der Waals surface area contributed by atoms with Crippen LogP contribution in [0.1, 0.15) is 34.1 Å². The van der Waals surface area contributed by atoms with Crippen molar-refractivity contribution in [3.63, 3.8) is 0 Å². The number of rotatable bonds is 8. The van der Waals surface area contributed by atoms with Gasteiger partial charge in [-0.2, -0.15) is 0 Å². The summed E-state index contributed by atoms with van der Waals surface area (Å²) in [6.07, 6.45) is 0.812. The Kier molecular flexibility index (Phi) is 7.39. The van der Waals surface area contributed by atoms with E-state index in [9.17, 15) is 0 Å². The van der Waals surface area contributed by atoms with Crippen molar-refractivity contribution in [2.75, 3.05) is 19.8 Å². The van der Waals surface area contributed by atoms with Gasteiger partial charge in [-0.15, -0.1) is 0 Å². The van der Waals surface area contributed by atoms with Crippen molar-refractivity contribution in [1.82, 2.24) is 0 Å². The second kappa shape index (κ2) is 7.36. The lowest BCUT2D eigenvalue weighted by molar-refractivity contribution is 0.0618. The van der Waals surface area contributed by atoms with Crippen LogP contribution in [0.25, 0.3) is 0 Å². The summed E-state index contributed by atoms with van der Waals surface area (Å²) in [6.45, 7) is 9.57. The molecule has 0 saturated carbocycles. The Morgan fingerprint density at radius 2 is 1.29 bits per heavy atom. The highest BCUT2D eigenvalue weighted by atomic mass is 28.4. The van der Waals surface area contributed by atoms with Gasteiger partial charge in [0.25, 0.3) is 0 Å². The van der Waals surface area contributed by atoms with Crippen molar-refractivity contribution in [2.24, 2.45) is 5.73 Å². The standard InChI is InChI=1S/C9H23NO3Si/c1-5-9(10)14(11-6-2,12-7-3)13-8-4/h9H,5-8,10H2,1-4H3/t9-/m0/s1. The molecule has 0 radical (unpaired) electrons. The fourth-order valence-electron chi connectivity index (χ4n) is 1.30. The quantitative estimate of drug-likeness (QED) is 0.628. The molecule has 0 heterocycles. The van der Waals surface area contributed by atoms with Gasteiger partial charge in [0, 0.05) is 19.8 Å². The van der Waals surface area contributed by atoms with E-state index >= 15 is 0 Å². The van der Waals surface area contributed by atoms with E-state index in [1.54, 1.807) is 0 Å². The summed E-state index contributed by atoms with van der Waals surface area (Å²) in [6, 6.07) is 0. The van der Waals surface area contributed by atoms with Crippen molar-refractivity contribution < 1.29 is 13.3 Å². The molecule has 1 atom stereocenters. The van der Waals surface area contributed by atoms with Crippen LogP contribution in [0.4, 0.5) is 0 Å². The minimum absolute atomic E-state index is 0.123. The second-order valence-corrected chi connectivity index (χ2v) is 5.73. The molecule has 0 aliphatic rings. The Bertz CT molecular complexity index is 129. The van der Waals surface area contributed by atoms with Gasteiger partial charge < -0.3 is 19.0 Å². The zero-order valence-corrected chi connectivity index (χ0v) is 10.7. The van der Waals surface area contributed by atoms with Crippen LogP contribution >= 0.6 is 0 Å². The summed E-state index contributed by atoms with van der Waals surface area (Å²) >= 11 is 0. The van der Waals surface area contributed by atoms with Gasteiger partial charge in [-0.25, -0.2) is 0 Å². The Hall–Kier alpha value is 0.0569. The zero-order chi connectivity index (χ0) is 11.0. The van der Waals surface area contributed by atoms with E-state index in [4.69, 9.17) is 19.0 Å². The smallest absolute Gasteiger partial charge is 0.373 e. The molecule has 2 N–H and O–H groups in total. The summed E-state index contributed by atoms with van der Waals surface area (Å²) in [4.78, 5) is 0. The summed E-state index contributed by atoms with van der Waals surface area (Å²) in [5, 5.41) is 0. The molecule has 0 rings (SSSR count). The van der Waals surface area contributed by atoms with Gasteiger partial charge in [-0.1, -0.05) is 6.92 Å². The predicted octanol–water partition coefficient (Wildman–Crippen LogP) is 1.31. The summed E-state index contributed by atoms with van der Waals surface area (Å²) in [7, 11) is -2.62. The van der Waals surface area contributed by atoms with E-state index in [2.05, 4.69) is 0 Å². The highest BCUT2D eigenvalue weighted by molar-refractivity contribution is 6.62. The molecule has 0 aliphatic heterocycles. The van der Waals surface area contributed by atoms with Crippen LogP contribution in [0.5, 0.6) is 0 Å². The molecule has 0 aliphatic carbocycles. The first kappa shape index (κ1) is 14.1. The van der Waals surface area contributed by atoms with Crippen LogP contribution < -0.4 is 5.73 Å². The van der Waals surface area contributed by atoms with Crippen LogP contribution in [-0.2, 0) is 13.3 Å². The first-order chi connectivity index (χ1) is 6.66. The number of hydrogen-bond acceptors (Lipinski definition) is 4. The van der Waals surface area contributed by atoms with Crippen LogP contribution in [-0.4, -0.2) is 34.3 Å². The molecule has 0 unspecified atom stereocenters. The van der Waals surface area contributed by atoms with E-state index in [1.165, 1.54) is 0 Å². The van der Waals surface area contributed by atoms with Gasteiger partial charge in [0.05, 0.1) is 5.67 Å². The van der Waals surface area contributed by atoms with Crippen LogP contribution in [0.3, 0.4) is 0 Å². The number of nitrogens with two attached hydrogens (primary N) is 1. The van der Waals surface area contributed by atoms with E-state index in [1.807, 2.05) is 27.7 Å². The molecule has 0 saturated heterocycles. The van der Waals surface area contributed by atoms with Crippen molar-refractivity contribution in [2.45, 2.75) is 39.8 Å². The highest BCUT2D eigenvalue weighted by Crippen LogP contribution is 2.15. The van der Waals surface area contributed by atoms with Gasteiger partial charge in [-0.05, 0) is 27.2 Å². The Morgan fingerprint density at radius 3 is 1.50 bits per heavy atom. The molecule has 5 heteroatoms. The lowest BCUT2D eigenvalue weighted by Crippen LogP contribution is -2.60. The molecule has 86 valence electrons. The van der Waals surface area contributed by atoms with Crippen molar-refractivity contribution in [3.8, 4) is 0 Å². The molecule has 0 aromatic carbocycles. The third-order valence-electron chi connectivity index (χ3n) is 1.93. The maximum atomic E-state index is 6.00. The van der Waals surface area contributed by atoms with Crippen LogP contribution in [0, 0.1) is 0 Å². The molecule has 14 heavy (non-hydrogen) atoms. The minimum Gasteiger partial charge on any atom is -0.373 e. The van der Waals surface area contributed by atoms with Crippen LogP contribution in [0.2, 0.25) is 0 Å². The molecule has 4 nitrogen and oxygen atoms in total. The Labute approximate surface area is 88.1 Å². The van der Waals surface area contributed by atoms with E-state index in [-0.39, 0.29) is 5.67 Å². The molecule has 0 fully saturated rings. The fraction of sp³-hybridized carbons (Fsp3) is 1.00. The number of hydrogen-bond donors (Lipinski definition) is 1. The van der Waals surface area contributed by atoms with E-state index < -0.39 is 8.80 Å². The van der Waals surface area contributed by atoms with Gasteiger partial charge in [0.2, 0.25) is 0 Å². The molecular weight excluding hydrogens is 198 g/mol. The average Bonchev–Trinajstić information content (AvgIpc) is 2.17. The monoisotopic (exact) mass is 221 g/mol. The summed E-state index contributed by atoms with van der Waals surface area (Å²) < 4.78 is 16.9. The maximum absolute atomic E-state index is 6.00. The van der Waals surface area contributed by atoms with Crippen molar-refractivity contribution in [1.29, 1.82) is 0 Å². The molecule has 0 aromatic rings. The topological polar surface area (TPSA) is 53.7 Å². The first-order valence-corrected chi connectivity index (χ1v) is 7.14. The summed E-state index contributed by atoms with van der Waals surface area (Å²) in [5.41, 5.74) is 5.87. The Morgan fingerprint density at radius 1 is 0.929 bits per heavy atom. The molecule has 0 bridgehead atoms. The fourth-order valence-corrected chi connectivity index (χ4v) is 3.90. The maximum Gasteiger partial charge on any atom is 0.518 e. The molecular formula is C9H23NO3Si. The normalized spacial score (nSPS) is 14.4. The third kappa shape index (κ3) is 3.66. The first-order valence-electron chi connectivity index (χ1n) is 5.34. The summed E-state index contributed by atoms with van der Waals surface area (Å²) in [5.74, 6) is 0. The van der Waals surface area contributed by atoms with E-state index in [0.29, 0.717) is 19.8 Å². The van der Waals surface area contributed by atoms with Gasteiger partial charge in [-0.3, -0.25) is 0 Å². The van der Waals surface area contributed by atoms with Crippen molar-refractivity contribution in [3.05, 3.63) is 0 Å². The van der Waals surface area contributed by atoms with Gasteiger partial charge >= 0.3 is 8.80 Å². The third-order valence-corrected chi connectivity index (χ3v) is 5.32. The SMILES string of the molecule is CCO[Si](OCC)(OCC)[C@H](N)CC. The lowest BCUT2D eigenvalue weighted by Gasteiger charge is -2.32. The van der Waals surface area contributed by atoms with Gasteiger partial charge in [0.15, 0.2) is 0 Å². The lowest BCUT2D eigenvalue weighted by atomic mass is 10.5. The Balaban J connectivity index is 4.53. The van der Waals surface area contributed by atoms with Gasteiger partial charge in [0.1, 0.15) is 0 Å². The van der Waals surface area contributed by atoms with Crippen molar-refractivity contribution >= 4 is 8.80 Å². The average molecular weight is 221 g/mol. The highest BCUT2D eigenvalue weighted by Gasteiger charge is 2.46. The molecule has 0 amide bonds. The second-order valence-electron chi connectivity index (χ2n) is 2.92. The van der Waals surface area contributed by atoms with E-state index in [0.717, 1.165) is 6.42 Å².